The summed E-state index contributed by atoms with van der Waals surface area (Å²) in [4.78, 5) is 25.4. The van der Waals surface area contributed by atoms with Crippen LogP contribution in [0.25, 0.3) is 5.82 Å². The number of carbonyl (C=O) groups excluding carboxylic acids is 1. The van der Waals surface area contributed by atoms with Crippen LogP contribution in [0, 0.1) is 13.8 Å². The maximum atomic E-state index is 12.6. The average molecular weight is 442 g/mol. The van der Waals surface area contributed by atoms with Crippen LogP contribution in [-0.2, 0) is 5.41 Å². The zero-order valence-electron chi connectivity index (χ0n) is 19.5. The van der Waals surface area contributed by atoms with Gasteiger partial charge in [0.2, 0.25) is 5.88 Å². The minimum absolute atomic E-state index is 0.0474. The number of aryl methyl sites for hydroxylation is 1. The maximum Gasteiger partial charge on any atom is 0.255 e. The quantitative estimate of drug-likeness (QED) is 0.435. The first-order valence-electron chi connectivity index (χ1n) is 10.7. The fourth-order valence-electron chi connectivity index (χ4n) is 3.30. The fourth-order valence-corrected chi connectivity index (χ4v) is 3.30. The molecule has 0 aliphatic rings. The predicted molar refractivity (Wildman–Crippen MR) is 128 cm³/mol. The van der Waals surface area contributed by atoms with Gasteiger partial charge in [-0.25, -0.2) is 15.0 Å². The fraction of sp³-hybridized carbons (Fsp3) is 0.231. The maximum absolute atomic E-state index is 12.6. The molecule has 0 aliphatic carbocycles. The Balaban J connectivity index is 1.42. The van der Waals surface area contributed by atoms with E-state index < -0.39 is 0 Å². The molecule has 0 aliphatic heterocycles. The lowest BCUT2D eigenvalue weighted by Crippen LogP contribution is -2.14. The van der Waals surface area contributed by atoms with Gasteiger partial charge in [-0.3, -0.25) is 9.36 Å². The molecule has 168 valence electrons. The second-order valence-electron chi connectivity index (χ2n) is 8.91. The second-order valence-corrected chi connectivity index (χ2v) is 8.91. The first-order chi connectivity index (χ1) is 15.7. The lowest BCUT2D eigenvalue weighted by Gasteiger charge is -2.19. The van der Waals surface area contributed by atoms with Gasteiger partial charge in [0.05, 0.1) is 5.69 Å². The molecule has 33 heavy (non-hydrogen) atoms. The van der Waals surface area contributed by atoms with Gasteiger partial charge in [0.1, 0.15) is 24.2 Å². The molecule has 2 aromatic carbocycles. The zero-order valence-corrected chi connectivity index (χ0v) is 19.5. The Hall–Kier alpha value is -4.00. The van der Waals surface area contributed by atoms with Crippen LogP contribution in [0.1, 0.15) is 48.1 Å². The van der Waals surface area contributed by atoms with E-state index in [1.165, 1.54) is 11.9 Å². The molecule has 2 aromatic heterocycles. The number of benzene rings is 2. The summed E-state index contributed by atoms with van der Waals surface area (Å²) in [5.41, 5.74) is 4.48. The van der Waals surface area contributed by atoms with Gasteiger partial charge >= 0.3 is 0 Å². The van der Waals surface area contributed by atoms with Crippen LogP contribution in [-0.4, -0.2) is 25.4 Å². The highest BCUT2D eigenvalue weighted by Gasteiger charge is 2.14. The Morgan fingerprint density at radius 2 is 1.64 bits per heavy atom. The van der Waals surface area contributed by atoms with E-state index in [1.54, 1.807) is 36.7 Å². The topological polar surface area (TPSA) is 81.9 Å². The van der Waals surface area contributed by atoms with Crippen molar-refractivity contribution in [1.82, 2.24) is 19.5 Å². The van der Waals surface area contributed by atoms with Gasteiger partial charge in [0, 0.05) is 23.0 Å². The van der Waals surface area contributed by atoms with E-state index in [2.05, 4.69) is 41.0 Å². The van der Waals surface area contributed by atoms with E-state index in [4.69, 9.17) is 4.74 Å². The van der Waals surface area contributed by atoms with Gasteiger partial charge in [-0.15, -0.1) is 0 Å². The number of ether oxygens (including phenoxy) is 1. The van der Waals surface area contributed by atoms with E-state index in [-0.39, 0.29) is 11.3 Å². The summed E-state index contributed by atoms with van der Waals surface area (Å²) in [6.07, 6.45) is 3.18. The molecule has 0 fully saturated rings. The van der Waals surface area contributed by atoms with Crippen molar-refractivity contribution < 1.29 is 9.53 Å². The van der Waals surface area contributed by atoms with Gasteiger partial charge < -0.3 is 10.1 Å². The molecular formula is C26H27N5O2. The highest BCUT2D eigenvalue weighted by molar-refractivity contribution is 6.04. The first-order valence-corrected chi connectivity index (χ1v) is 10.7. The van der Waals surface area contributed by atoms with E-state index in [9.17, 15) is 4.79 Å². The normalized spacial score (nSPS) is 11.3. The van der Waals surface area contributed by atoms with Gasteiger partial charge in [0.25, 0.3) is 5.91 Å². The minimum atomic E-state index is -0.157. The summed E-state index contributed by atoms with van der Waals surface area (Å²) in [6, 6.07) is 16.6. The molecule has 0 spiro atoms. The third-order valence-corrected chi connectivity index (χ3v) is 5.47. The molecule has 2 heterocycles. The summed E-state index contributed by atoms with van der Waals surface area (Å²) in [7, 11) is 0. The van der Waals surface area contributed by atoms with E-state index in [0.717, 1.165) is 11.4 Å². The van der Waals surface area contributed by atoms with Crippen LogP contribution in [0.2, 0.25) is 0 Å². The van der Waals surface area contributed by atoms with Crippen LogP contribution in [0.4, 0.5) is 5.69 Å². The number of carbonyl (C=O) groups is 1. The lowest BCUT2D eigenvalue weighted by molar-refractivity contribution is 0.102. The number of rotatable bonds is 5. The molecule has 0 saturated carbocycles. The monoisotopic (exact) mass is 441 g/mol. The van der Waals surface area contributed by atoms with Crippen molar-refractivity contribution in [2.24, 2.45) is 0 Å². The number of nitrogens with one attached hydrogen (secondary N) is 1. The smallest absolute Gasteiger partial charge is 0.255 e. The minimum Gasteiger partial charge on any atom is -0.439 e. The van der Waals surface area contributed by atoms with Gasteiger partial charge in [-0.1, -0.05) is 32.9 Å². The van der Waals surface area contributed by atoms with Crippen LogP contribution in [0.3, 0.4) is 0 Å². The SMILES string of the molecule is Cc1ncn(-c2cc(Oc3ccc(NC(=O)c4ccc(C(C)(C)C)cc4)cc3)ncn2)c1C. The number of anilines is 1. The highest BCUT2D eigenvalue weighted by atomic mass is 16.5. The number of hydrogen-bond donors (Lipinski definition) is 1. The second kappa shape index (κ2) is 8.86. The zero-order chi connectivity index (χ0) is 23.6. The average Bonchev–Trinajstić information content (AvgIpc) is 3.13. The molecule has 4 rings (SSSR count). The number of imidazole rings is 1. The molecule has 7 heteroatoms. The van der Waals surface area contributed by atoms with Crippen molar-refractivity contribution in [2.45, 2.75) is 40.0 Å². The third kappa shape index (κ3) is 5.09. The summed E-state index contributed by atoms with van der Waals surface area (Å²) in [5.74, 6) is 1.54. The molecule has 0 unspecified atom stereocenters. The Bertz CT molecular complexity index is 1270. The predicted octanol–water partition coefficient (Wildman–Crippen LogP) is 5.62. The molecule has 0 bridgehead atoms. The molecule has 0 saturated heterocycles. The lowest BCUT2D eigenvalue weighted by atomic mass is 9.87. The third-order valence-electron chi connectivity index (χ3n) is 5.47. The Morgan fingerprint density at radius 3 is 2.24 bits per heavy atom. The molecule has 0 radical (unpaired) electrons. The van der Waals surface area contributed by atoms with Gasteiger partial charge in [-0.2, -0.15) is 0 Å². The van der Waals surface area contributed by atoms with Crippen molar-refractivity contribution in [2.75, 3.05) is 5.32 Å². The van der Waals surface area contributed by atoms with Crippen molar-refractivity contribution in [3.63, 3.8) is 0 Å². The Kier molecular flexibility index (Phi) is 5.96. The number of amides is 1. The molecule has 1 amide bonds. The van der Waals surface area contributed by atoms with Crippen molar-refractivity contribution in [3.8, 4) is 17.4 Å². The summed E-state index contributed by atoms with van der Waals surface area (Å²) < 4.78 is 7.76. The molecule has 1 N–H and O–H groups in total. The number of nitrogens with zero attached hydrogens (tertiary/aromatic N) is 4. The number of hydrogen-bond acceptors (Lipinski definition) is 5. The van der Waals surface area contributed by atoms with Crippen LogP contribution in [0.5, 0.6) is 11.6 Å². The van der Waals surface area contributed by atoms with Crippen molar-refractivity contribution >= 4 is 11.6 Å². The first kappa shape index (κ1) is 22.2. The van der Waals surface area contributed by atoms with Crippen molar-refractivity contribution in [3.05, 3.63) is 89.8 Å². The molecule has 7 nitrogen and oxygen atoms in total. The standard InChI is InChI=1S/C26H27N5O2/c1-17-18(2)31(16-29-17)23-14-24(28-15-27-23)33-22-12-10-21(11-13-22)30-25(32)19-6-8-20(9-7-19)26(3,4)5/h6-16H,1-5H3,(H,30,32). The summed E-state index contributed by atoms with van der Waals surface area (Å²) in [5, 5.41) is 2.92. The van der Waals surface area contributed by atoms with E-state index in [1.807, 2.05) is 42.7 Å². The molecule has 0 atom stereocenters. The van der Waals surface area contributed by atoms with Crippen LogP contribution < -0.4 is 10.1 Å². The van der Waals surface area contributed by atoms with E-state index in [0.29, 0.717) is 28.7 Å². The molecule has 4 aromatic rings. The van der Waals surface area contributed by atoms with Crippen LogP contribution in [0.15, 0.2) is 67.3 Å². The number of aromatic nitrogens is 4. The summed E-state index contributed by atoms with van der Waals surface area (Å²) in [6.45, 7) is 10.4. The Morgan fingerprint density at radius 1 is 0.939 bits per heavy atom. The van der Waals surface area contributed by atoms with E-state index >= 15 is 0 Å². The largest absolute Gasteiger partial charge is 0.439 e. The highest BCUT2D eigenvalue weighted by Crippen LogP contribution is 2.24. The van der Waals surface area contributed by atoms with Crippen LogP contribution >= 0.6 is 0 Å². The molecular weight excluding hydrogens is 414 g/mol. The van der Waals surface area contributed by atoms with Crippen molar-refractivity contribution in [1.29, 1.82) is 0 Å². The van der Waals surface area contributed by atoms with Gasteiger partial charge in [0.15, 0.2) is 0 Å². The summed E-state index contributed by atoms with van der Waals surface area (Å²) >= 11 is 0. The Labute approximate surface area is 193 Å². The van der Waals surface area contributed by atoms with Gasteiger partial charge in [-0.05, 0) is 61.2 Å².